The number of amides is 1. The summed E-state index contributed by atoms with van der Waals surface area (Å²) in [4.78, 5) is 17.8. The number of anilines is 1. The van der Waals surface area contributed by atoms with Crippen LogP contribution in [0.1, 0.15) is 24.0 Å². The van der Waals surface area contributed by atoms with Crippen molar-refractivity contribution in [2.24, 2.45) is 0 Å². The molecule has 1 amide bonds. The van der Waals surface area contributed by atoms with Gasteiger partial charge in [0.25, 0.3) is 0 Å². The molecule has 3 aromatic rings. The second-order valence-corrected chi connectivity index (χ2v) is 8.73. The van der Waals surface area contributed by atoms with E-state index in [9.17, 15) is 9.18 Å². The Hall–Kier alpha value is -3.64. The lowest BCUT2D eigenvalue weighted by atomic mass is 10.0. The van der Waals surface area contributed by atoms with Crippen LogP contribution < -0.4 is 15.0 Å². The molecule has 0 spiro atoms. The lowest BCUT2D eigenvalue weighted by Crippen LogP contribution is -2.44. The average molecular weight is 525 g/mol. The van der Waals surface area contributed by atoms with Crippen molar-refractivity contribution >= 4 is 27.8 Å². The Balaban J connectivity index is 1.67. The van der Waals surface area contributed by atoms with Crippen molar-refractivity contribution in [3.8, 4) is 23.1 Å². The Morgan fingerprint density at radius 1 is 1.24 bits per heavy atom. The SMILES string of the molecule is N#Cc1ccc(-c2nc(N3CCC(NC(=O)O)CC3)cc(OCc3ccccc3)c2Br)cc1F. The molecule has 0 bridgehead atoms. The minimum Gasteiger partial charge on any atom is -0.488 e. The summed E-state index contributed by atoms with van der Waals surface area (Å²) >= 11 is 3.58. The molecule has 4 rings (SSSR count). The fourth-order valence-electron chi connectivity index (χ4n) is 3.87. The Bertz CT molecular complexity index is 1220. The van der Waals surface area contributed by atoms with E-state index >= 15 is 0 Å². The molecule has 34 heavy (non-hydrogen) atoms. The van der Waals surface area contributed by atoms with Crippen molar-refractivity contribution in [1.29, 1.82) is 5.26 Å². The molecule has 1 fully saturated rings. The number of carboxylic acid groups (broad SMARTS) is 1. The molecule has 7 nitrogen and oxygen atoms in total. The second-order valence-electron chi connectivity index (χ2n) is 7.93. The number of hydrogen-bond donors (Lipinski definition) is 2. The zero-order valence-corrected chi connectivity index (χ0v) is 19.8. The fraction of sp³-hybridized carbons (Fsp3) is 0.240. The van der Waals surface area contributed by atoms with E-state index in [1.165, 1.54) is 12.1 Å². The summed E-state index contributed by atoms with van der Waals surface area (Å²) in [6, 6.07) is 17.7. The van der Waals surface area contributed by atoms with Crippen LogP contribution in [0.2, 0.25) is 0 Å². The molecule has 2 heterocycles. The van der Waals surface area contributed by atoms with Crippen molar-refractivity contribution in [1.82, 2.24) is 10.3 Å². The number of pyridine rings is 1. The summed E-state index contributed by atoms with van der Waals surface area (Å²) in [5.41, 5.74) is 1.97. The summed E-state index contributed by atoms with van der Waals surface area (Å²) in [5, 5.41) is 20.6. The fourth-order valence-corrected chi connectivity index (χ4v) is 4.41. The standard InChI is InChI=1S/C25H22BrFN4O3/c26-23-21(34-15-16-4-2-1-3-5-16)13-22(31-10-8-19(9-11-31)29-25(32)33)30-24(23)17-6-7-18(14-28)20(27)12-17/h1-7,12-13,19,29H,8-11,15H2,(H,32,33). The van der Waals surface area contributed by atoms with Gasteiger partial charge in [-0.15, -0.1) is 0 Å². The molecule has 0 saturated carbocycles. The Morgan fingerprint density at radius 2 is 1.97 bits per heavy atom. The molecule has 0 aliphatic carbocycles. The van der Waals surface area contributed by atoms with Crippen LogP contribution in [-0.2, 0) is 6.61 Å². The number of aromatic nitrogens is 1. The number of nitrogens with zero attached hydrogens (tertiary/aromatic N) is 3. The highest BCUT2D eigenvalue weighted by molar-refractivity contribution is 9.10. The van der Waals surface area contributed by atoms with Gasteiger partial charge in [-0.3, -0.25) is 0 Å². The predicted molar refractivity (Wildman–Crippen MR) is 129 cm³/mol. The number of hydrogen-bond acceptors (Lipinski definition) is 5. The normalized spacial score (nSPS) is 13.9. The monoisotopic (exact) mass is 524 g/mol. The Kier molecular flexibility index (Phi) is 7.28. The Labute approximate surface area is 204 Å². The maximum atomic E-state index is 14.4. The van der Waals surface area contributed by atoms with Crippen LogP contribution in [0.15, 0.2) is 59.1 Å². The highest BCUT2D eigenvalue weighted by Crippen LogP contribution is 2.38. The second kappa shape index (κ2) is 10.5. The van der Waals surface area contributed by atoms with E-state index in [0.717, 1.165) is 5.56 Å². The molecule has 2 N–H and O–H groups in total. The average Bonchev–Trinajstić information content (AvgIpc) is 2.84. The van der Waals surface area contributed by atoms with Crippen LogP contribution in [0, 0.1) is 17.1 Å². The quantitative estimate of drug-likeness (QED) is 0.451. The first-order valence-electron chi connectivity index (χ1n) is 10.8. The zero-order chi connectivity index (χ0) is 24.1. The summed E-state index contributed by atoms with van der Waals surface area (Å²) in [6.07, 6.45) is 0.262. The topological polar surface area (TPSA) is 98.5 Å². The highest BCUT2D eigenvalue weighted by atomic mass is 79.9. The molecule has 2 aromatic carbocycles. The molecule has 1 aliphatic rings. The third-order valence-corrected chi connectivity index (χ3v) is 6.42. The lowest BCUT2D eigenvalue weighted by molar-refractivity contribution is 0.187. The molecule has 1 saturated heterocycles. The van der Waals surface area contributed by atoms with Crippen molar-refractivity contribution in [3.05, 3.63) is 76.0 Å². The van der Waals surface area contributed by atoms with E-state index in [0.29, 0.717) is 59.8 Å². The van der Waals surface area contributed by atoms with Crippen LogP contribution in [0.3, 0.4) is 0 Å². The number of piperidine rings is 1. The maximum absolute atomic E-state index is 14.4. The molecule has 174 valence electrons. The van der Waals surface area contributed by atoms with Gasteiger partial charge in [-0.1, -0.05) is 36.4 Å². The number of ether oxygens (including phenoxy) is 1. The van der Waals surface area contributed by atoms with Gasteiger partial charge in [0, 0.05) is 30.8 Å². The number of nitrogens with one attached hydrogen (secondary N) is 1. The van der Waals surface area contributed by atoms with Gasteiger partial charge in [-0.25, -0.2) is 14.2 Å². The first kappa shape index (κ1) is 23.5. The number of halogens is 2. The maximum Gasteiger partial charge on any atom is 0.404 e. The van der Waals surface area contributed by atoms with Gasteiger partial charge in [-0.2, -0.15) is 5.26 Å². The van der Waals surface area contributed by atoms with Gasteiger partial charge in [-0.05, 0) is 46.5 Å². The van der Waals surface area contributed by atoms with Crippen LogP contribution in [0.4, 0.5) is 15.0 Å². The van der Waals surface area contributed by atoms with Crippen molar-refractivity contribution in [2.75, 3.05) is 18.0 Å². The molecule has 9 heteroatoms. The third kappa shape index (κ3) is 5.46. The molecule has 1 aliphatic heterocycles. The van der Waals surface area contributed by atoms with Crippen LogP contribution >= 0.6 is 15.9 Å². The minimum absolute atomic E-state index is 0.0374. The first-order chi connectivity index (χ1) is 16.4. The summed E-state index contributed by atoms with van der Waals surface area (Å²) in [7, 11) is 0. The van der Waals surface area contributed by atoms with E-state index in [-0.39, 0.29) is 11.6 Å². The number of nitriles is 1. The number of carbonyl (C=O) groups is 1. The van der Waals surface area contributed by atoms with Gasteiger partial charge in [0.2, 0.25) is 0 Å². The summed E-state index contributed by atoms with van der Waals surface area (Å²) < 4.78 is 21.1. The first-order valence-corrected chi connectivity index (χ1v) is 11.6. The van der Waals surface area contributed by atoms with Crippen molar-refractivity contribution in [2.45, 2.75) is 25.5 Å². The van der Waals surface area contributed by atoms with Gasteiger partial charge < -0.3 is 20.1 Å². The highest BCUT2D eigenvalue weighted by Gasteiger charge is 2.24. The zero-order valence-electron chi connectivity index (χ0n) is 18.2. The van der Waals surface area contributed by atoms with E-state index in [1.54, 1.807) is 6.07 Å². The van der Waals surface area contributed by atoms with E-state index < -0.39 is 11.9 Å². The molecule has 0 radical (unpaired) electrons. The van der Waals surface area contributed by atoms with Crippen LogP contribution in [0.25, 0.3) is 11.3 Å². The smallest absolute Gasteiger partial charge is 0.404 e. The van der Waals surface area contributed by atoms with Gasteiger partial charge in [0.15, 0.2) is 0 Å². The molecular formula is C25H22BrFN4O3. The van der Waals surface area contributed by atoms with E-state index in [1.807, 2.05) is 42.5 Å². The molecule has 1 aromatic heterocycles. The number of rotatable bonds is 6. The summed E-state index contributed by atoms with van der Waals surface area (Å²) in [5.74, 6) is 0.589. The largest absolute Gasteiger partial charge is 0.488 e. The minimum atomic E-state index is -1.03. The van der Waals surface area contributed by atoms with E-state index in [4.69, 9.17) is 20.1 Å². The van der Waals surface area contributed by atoms with Crippen LogP contribution in [-0.4, -0.2) is 35.3 Å². The predicted octanol–water partition coefficient (Wildman–Crippen LogP) is 5.34. The number of benzene rings is 2. The van der Waals surface area contributed by atoms with Gasteiger partial charge >= 0.3 is 6.09 Å². The van der Waals surface area contributed by atoms with Crippen molar-refractivity contribution < 1.29 is 19.0 Å². The van der Waals surface area contributed by atoms with Crippen LogP contribution in [0.5, 0.6) is 5.75 Å². The molecule has 0 atom stereocenters. The lowest BCUT2D eigenvalue weighted by Gasteiger charge is -2.33. The summed E-state index contributed by atoms with van der Waals surface area (Å²) in [6.45, 7) is 1.56. The van der Waals surface area contributed by atoms with Gasteiger partial charge in [0.1, 0.15) is 30.1 Å². The van der Waals surface area contributed by atoms with E-state index in [2.05, 4.69) is 26.1 Å². The molecule has 0 unspecified atom stereocenters. The molecular weight excluding hydrogens is 503 g/mol. The third-order valence-electron chi connectivity index (χ3n) is 5.66. The van der Waals surface area contributed by atoms with Gasteiger partial charge in [0.05, 0.1) is 15.7 Å². The Morgan fingerprint density at radius 3 is 2.62 bits per heavy atom. The van der Waals surface area contributed by atoms with Crippen molar-refractivity contribution in [3.63, 3.8) is 0 Å².